The summed E-state index contributed by atoms with van der Waals surface area (Å²) in [6.45, 7) is 4.19. The van der Waals surface area contributed by atoms with Gasteiger partial charge in [0.2, 0.25) is 0 Å². The van der Waals surface area contributed by atoms with E-state index in [1.54, 1.807) is 37.4 Å². The molecule has 0 saturated carbocycles. The number of ether oxygens (including phenoxy) is 1. The van der Waals surface area contributed by atoms with Gasteiger partial charge in [0, 0.05) is 34.3 Å². The topological polar surface area (TPSA) is 60.3 Å². The molecule has 0 aliphatic rings. The van der Waals surface area contributed by atoms with Gasteiger partial charge in [-0.1, -0.05) is 0 Å². The van der Waals surface area contributed by atoms with E-state index >= 15 is 0 Å². The molecule has 0 fully saturated rings. The second-order valence-electron chi connectivity index (χ2n) is 6.42. The van der Waals surface area contributed by atoms with Crippen LogP contribution in [0.2, 0.25) is 0 Å². The number of amides is 1. The van der Waals surface area contributed by atoms with Gasteiger partial charge < -0.3 is 14.6 Å². The molecule has 1 heterocycles. The SMILES string of the molecule is COc1ccc(C(=O)CNC(=O)c2ccc3c(ccn3C(C)C)c2)cc1. The van der Waals surface area contributed by atoms with Gasteiger partial charge in [-0.05, 0) is 62.4 Å². The molecule has 0 unspecified atom stereocenters. The molecule has 3 rings (SSSR count). The number of rotatable bonds is 6. The third-order valence-corrected chi connectivity index (χ3v) is 4.36. The summed E-state index contributed by atoms with van der Waals surface area (Å²) >= 11 is 0. The molecule has 0 bridgehead atoms. The zero-order valence-corrected chi connectivity index (χ0v) is 15.2. The third-order valence-electron chi connectivity index (χ3n) is 4.36. The van der Waals surface area contributed by atoms with Gasteiger partial charge in [0.15, 0.2) is 5.78 Å². The zero-order chi connectivity index (χ0) is 18.7. The van der Waals surface area contributed by atoms with Crippen LogP contribution in [0.25, 0.3) is 10.9 Å². The highest BCUT2D eigenvalue weighted by molar-refractivity contribution is 6.03. The fourth-order valence-corrected chi connectivity index (χ4v) is 2.90. The molecular formula is C21H22N2O3. The fourth-order valence-electron chi connectivity index (χ4n) is 2.90. The Hall–Kier alpha value is -3.08. The maximum atomic E-state index is 12.4. The second-order valence-corrected chi connectivity index (χ2v) is 6.42. The Labute approximate surface area is 152 Å². The smallest absolute Gasteiger partial charge is 0.251 e. The van der Waals surface area contributed by atoms with Crippen molar-refractivity contribution in [2.75, 3.05) is 13.7 Å². The first-order valence-electron chi connectivity index (χ1n) is 8.55. The van der Waals surface area contributed by atoms with Crippen molar-refractivity contribution in [2.24, 2.45) is 0 Å². The van der Waals surface area contributed by atoms with E-state index in [0.717, 1.165) is 10.9 Å². The van der Waals surface area contributed by atoms with Crippen LogP contribution in [0.1, 0.15) is 40.6 Å². The number of benzene rings is 2. The molecule has 2 aromatic carbocycles. The standard InChI is InChI=1S/C21H22N2O3/c1-14(2)23-11-10-16-12-17(6-9-19(16)23)21(25)22-13-20(24)15-4-7-18(26-3)8-5-15/h4-12,14H,13H2,1-3H3,(H,22,25). The molecule has 1 aromatic heterocycles. The number of ketones is 1. The summed E-state index contributed by atoms with van der Waals surface area (Å²) in [4.78, 5) is 24.6. The number of carbonyl (C=O) groups is 2. The monoisotopic (exact) mass is 350 g/mol. The number of hydrogen-bond acceptors (Lipinski definition) is 3. The van der Waals surface area contributed by atoms with E-state index in [1.165, 1.54) is 0 Å². The molecule has 3 aromatic rings. The lowest BCUT2D eigenvalue weighted by atomic mass is 10.1. The summed E-state index contributed by atoms with van der Waals surface area (Å²) in [6.07, 6.45) is 2.02. The second kappa shape index (κ2) is 7.44. The molecule has 0 aliphatic heterocycles. The van der Waals surface area contributed by atoms with Gasteiger partial charge in [-0.15, -0.1) is 0 Å². The van der Waals surface area contributed by atoms with Gasteiger partial charge in [-0.25, -0.2) is 0 Å². The van der Waals surface area contributed by atoms with Gasteiger partial charge >= 0.3 is 0 Å². The lowest BCUT2D eigenvalue weighted by Crippen LogP contribution is -2.29. The predicted octanol–water partition coefficient (Wildman–Crippen LogP) is 3.84. The van der Waals surface area contributed by atoms with Gasteiger partial charge in [-0.3, -0.25) is 9.59 Å². The van der Waals surface area contributed by atoms with Crippen LogP contribution in [-0.2, 0) is 0 Å². The molecule has 1 amide bonds. The summed E-state index contributed by atoms with van der Waals surface area (Å²) in [5.41, 5.74) is 2.17. The van der Waals surface area contributed by atoms with Crippen molar-refractivity contribution in [1.29, 1.82) is 0 Å². The number of methoxy groups -OCH3 is 1. The molecule has 0 spiro atoms. The maximum absolute atomic E-state index is 12.4. The van der Waals surface area contributed by atoms with E-state index in [0.29, 0.717) is 22.9 Å². The maximum Gasteiger partial charge on any atom is 0.251 e. The number of aromatic nitrogens is 1. The van der Waals surface area contributed by atoms with Gasteiger partial charge in [0.1, 0.15) is 5.75 Å². The summed E-state index contributed by atoms with van der Waals surface area (Å²) in [6, 6.07) is 14.8. The molecule has 5 heteroatoms. The Kier molecular flexibility index (Phi) is 5.07. The van der Waals surface area contributed by atoms with Crippen molar-refractivity contribution in [3.8, 4) is 5.75 Å². The van der Waals surface area contributed by atoms with Crippen molar-refractivity contribution in [2.45, 2.75) is 19.9 Å². The van der Waals surface area contributed by atoms with E-state index in [9.17, 15) is 9.59 Å². The Balaban J connectivity index is 1.67. The van der Waals surface area contributed by atoms with Crippen LogP contribution in [-0.4, -0.2) is 29.9 Å². The van der Waals surface area contributed by atoms with E-state index in [4.69, 9.17) is 4.74 Å². The van der Waals surface area contributed by atoms with Crippen molar-refractivity contribution < 1.29 is 14.3 Å². The van der Waals surface area contributed by atoms with Crippen molar-refractivity contribution in [3.05, 3.63) is 65.9 Å². The van der Waals surface area contributed by atoms with Gasteiger partial charge in [0.25, 0.3) is 5.91 Å². The highest BCUT2D eigenvalue weighted by Crippen LogP contribution is 2.21. The van der Waals surface area contributed by atoms with Gasteiger partial charge in [0.05, 0.1) is 13.7 Å². The molecule has 26 heavy (non-hydrogen) atoms. The molecule has 0 radical (unpaired) electrons. The third kappa shape index (κ3) is 3.61. The molecule has 134 valence electrons. The van der Waals surface area contributed by atoms with Crippen molar-refractivity contribution in [3.63, 3.8) is 0 Å². The first-order valence-corrected chi connectivity index (χ1v) is 8.55. The van der Waals surface area contributed by atoms with E-state index < -0.39 is 0 Å². The Morgan fingerprint density at radius 1 is 1.04 bits per heavy atom. The minimum Gasteiger partial charge on any atom is -0.497 e. The normalized spacial score (nSPS) is 10.9. The average molecular weight is 350 g/mol. The molecular weight excluding hydrogens is 328 g/mol. The van der Waals surface area contributed by atoms with Gasteiger partial charge in [-0.2, -0.15) is 0 Å². The molecule has 0 aliphatic carbocycles. The van der Waals surface area contributed by atoms with Crippen molar-refractivity contribution >= 4 is 22.6 Å². The van der Waals surface area contributed by atoms with E-state index in [2.05, 4.69) is 23.7 Å². The van der Waals surface area contributed by atoms with Crippen LogP contribution < -0.4 is 10.1 Å². The Morgan fingerprint density at radius 3 is 2.38 bits per heavy atom. The first-order chi connectivity index (χ1) is 12.5. The number of nitrogens with one attached hydrogen (secondary N) is 1. The van der Waals surface area contributed by atoms with Crippen LogP contribution in [0.4, 0.5) is 0 Å². The van der Waals surface area contributed by atoms with E-state index in [-0.39, 0.29) is 18.2 Å². The Bertz CT molecular complexity index is 940. The number of hydrogen-bond donors (Lipinski definition) is 1. The van der Waals surface area contributed by atoms with Crippen LogP contribution in [0.5, 0.6) is 5.75 Å². The molecule has 1 N–H and O–H groups in total. The van der Waals surface area contributed by atoms with E-state index in [1.807, 2.05) is 24.4 Å². The lowest BCUT2D eigenvalue weighted by molar-refractivity contribution is 0.0904. The number of nitrogens with zero attached hydrogens (tertiary/aromatic N) is 1. The molecule has 0 saturated heterocycles. The van der Waals surface area contributed by atoms with Crippen LogP contribution in [0, 0.1) is 0 Å². The Morgan fingerprint density at radius 2 is 1.73 bits per heavy atom. The summed E-state index contributed by atoms with van der Waals surface area (Å²) in [7, 11) is 1.57. The quantitative estimate of drug-likeness (QED) is 0.687. The summed E-state index contributed by atoms with van der Waals surface area (Å²) < 4.78 is 7.23. The predicted molar refractivity (Wildman–Crippen MR) is 102 cm³/mol. The minimum absolute atomic E-state index is 0.0454. The van der Waals surface area contributed by atoms with Crippen LogP contribution in [0.3, 0.4) is 0 Å². The average Bonchev–Trinajstić information content (AvgIpc) is 3.09. The molecule has 5 nitrogen and oxygen atoms in total. The zero-order valence-electron chi connectivity index (χ0n) is 15.2. The van der Waals surface area contributed by atoms with Crippen LogP contribution >= 0.6 is 0 Å². The highest BCUT2D eigenvalue weighted by atomic mass is 16.5. The number of Topliss-reactive ketones (excluding diaryl/α,β-unsaturated/α-hetero) is 1. The van der Waals surface area contributed by atoms with Crippen molar-refractivity contribution in [1.82, 2.24) is 9.88 Å². The highest BCUT2D eigenvalue weighted by Gasteiger charge is 2.12. The number of carbonyl (C=O) groups excluding carboxylic acids is 2. The molecule has 0 atom stereocenters. The summed E-state index contributed by atoms with van der Waals surface area (Å²) in [5, 5.41) is 3.70. The largest absolute Gasteiger partial charge is 0.497 e. The summed E-state index contributed by atoms with van der Waals surface area (Å²) in [5.74, 6) is 0.284. The number of fused-ring (bicyclic) bond motifs is 1. The first kappa shape index (κ1) is 17.7. The van der Waals surface area contributed by atoms with Crippen LogP contribution in [0.15, 0.2) is 54.7 Å². The fraction of sp³-hybridized carbons (Fsp3) is 0.238. The lowest BCUT2D eigenvalue weighted by Gasteiger charge is -2.10. The minimum atomic E-state index is -0.258.